The van der Waals surface area contributed by atoms with Crippen LogP contribution in [0.2, 0.25) is 0 Å². The Bertz CT molecular complexity index is 253. The Morgan fingerprint density at radius 1 is 1.29 bits per heavy atom. The highest BCUT2D eigenvalue weighted by molar-refractivity contribution is 7.99. The maximum absolute atomic E-state index is 8.57. The van der Waals surface area contributed by atoms with Crippen LogP contribution in [-0.2, 0) is 7.05 Å². The topological polar surface area (TPSA) is 63.8 Å². The van der Waals surface area contributed by atoms with E-state index in [0.717, 1.165) is 30.2 Å². The number of hydrogen-bond acceptors (Lipinski definition) is 5. The molecule has 1 rings (SSSR count). The molecular formula is C8H16N4OS. The van der Waals surface area contributed by atoms with Crippen LogP contribution in [0.25, 0.3) is 0 Å². The summed E-state index contributed by atoms with van der Waals surface area (Å²) in [5.74, 6) is 1.04. The number of rotatable bonds is 7. The highest BCUT2D eigenvalue weighted by Gasteiger charge is 2.01. The standard InChI is InChI=1S/C8H16N4OS/c1-12-8(9-10-11-12)14-7-5-3-2-4-6-13/h13H,2-7H2,1H3. The predicted molar refractivity (Wildman–Crippen MR) is 55.1 cm³/mol. The first kappa shape index (κ1) is 11.5. The predicted octanol–water partition coefficient (Wildman–Crippen LogP) is 0.855. The summed E-state index contributed by atoms with van der Waals surface area (Å²) in [6, 6.07) is 0. The lowest BCUT2D eigenvalue weighted by Gasteiger charge is -1.99. The van der Waals surface area contributed by atoms with Crippen LogP contribution in [0.1, 0.15) is 25.7 Å². The second kappa shape index (κ2) is 6.78. The number of aliphatic hydroxyl groups is 1. The molecule has 1 heterocycles. The molecule has 0 spiro atoms. The van der Waals surface area contributed by atoms with Gasteiger partial charge in [-0.1, -0.05) is 24.6 Å². The van der Waals surface area contributed by atoms with Gasteiger partial charge in [-0.25, -0.2) is 4.68 Å². The zero-order chi connectivity index (χ0) is 10.2. The third kappa shape index (κ3) is 4.06. The fraction of sp³-hybridized carbons (Fsp3) is 0.875. The lowest BCUT2D eigenvalue weighted by molar-refractivity contribution is 0.283. The molecule has 0 saturated heterocycles. The smallest absolute Gasteiger partial charge is 0.209 e. The van der Waals surface area contributed by atoms with E-state index in [4.69, 9.17) is 5.11 Å². The summed E-state index contributed by atoms with van der Waals surface area (Å²) >= 11 is 1.68. The molecule has 5 nitrogen and oxygen atoms in total. The van der Waals surface area contributed by atoms with Gasteiger partial charge < -0.3 is 5.11 Å². The minimum absolute atomic E-state index is 0.306. The fourth-order valence-corrected chi connectivity index (χ4v) is 1.92. The van der Waals surface area contributed by atoms with Crippen molar-refractivity contribution < 1.29 is 5.11 Å². The van der Waals surface area contributed by atoms with Crippen LogP contribution in [0.4, 0.5) is 0 Å². The molecule has 14 heavy (non-hydrogen) atoms. The van der Waals surface area contributed by atoms with Gasteiger partial charge in [0.1, 0.15) is 0 Å². The quantitative estimate of drug-likeness (QED) is 0.541. The SMILES string of the molecule is Cn1nnnc1SCCCCCCO. The van der Waals surface area contributed by atoms with Gasteiger partial charge in [-0.3, -0.25) is 0 Å². The molecule has 0 aliphatic heterocycles. The van der Waals surface area contributed by atoms with Crippen molar-refractivity contribution in [1.29, 1.82) is 0 Å². The van der Waals surface area contributed by atoms with Crippen LogP contribution < -0.4 is 0 Å². The second-order valence-corrected chi connectivity index (χ2v) is 4.13. The molecule has 0 atom stereocenters. The number of hydrogen-bond donors (Lipinski definition) is 1. The second-order valence-electron chi connectivity index (χ2n) is 3.07. The number of nitrogens with zero attached hydrogens (tertiary/aromatic N) is 4. The summed E-state index contributed by atoms with van der Waals surface area (Å²) in [4.78, 5) is 0. The van der Waals surface area contributed by atoms with Gasteiger partial charge in [0.25, 0.3) is 0 Å². The van der Waals surface area contributed by atoms with E-state index < -0.39 is 0 Å². The van der Waals surface area contributed by atoms with Gasteiger partial charge in [0.2, 0.25) is 5.16 Å². The van der Waals surface area contributed by atoms with E-state index in [9.17, 15) is 0 Å². The van der Waals surface area contributed by atoms with E-state index in [2.05, 4.69) is 15.5 Å². The normalized spacial score (nSPS) is 10.7. The molecule has 0 radical (unpaired) electrons. The first-order valence-electron chi connectivity index (χ1n) is 4.80. The monoisotopic (exact) mass is 216 g/mol. The lowest BCUT2D eigenvalue weighted by Crippen LogP contribution is -1.94. The van der Waals surface area contributed by atoms with Gasteiger partial charge in [-0.2, -0.15) is 0 Å². The van der Waals surface area contributed by atoms with Gasteiger partial charge in [0.15, 0.2) is 0 Å². The molecule has 1 N–H and O–H groups in total. The number of aromatic nitrogens is 4. The van der Waals surface area contributed by atoms with E-state index in [-0.39, 0.29) is 0 Å². The summed E-state index contributed by atoms with van der Waals surface area (Å²) in [6.07, 6.45) is 4.33. The third-order valence-electron chi connectivity index (χ3n) is 1.86. The van der Waals surface area contributed by atoms with Gasteiger partial charge in [0, 0.05) is 19.4 Å². The van der Waals surface area contributed by atoms with Crippen LogP contribution >= 0.6 is 11.8 Å². The van der Waals surface area contributed by atoms with Crippen molar-refractivity contribution in [2.24, 2.45) is 7.05 Å². The van der Waals surface area contributed by atoms with E-state index in [1.165, 1.54) is 6.42 Å². The fourth-order valence-electron chi connectivity index (χ4n) is 1.07. The first-order chi connectivity index (χ1) is 6.84. The summed E-state index contributed by atoms with van der Waals surface area (Å²) in [5.41, 5.74) is 0. The molecule has 1 aromatic heterocycles. The molecule has 6 heteroatoms. The largest absolute Gasteiger partial charge is 0.396 e. The average molecular weight is 216 g/mol. The highest BCUT2D eigenvalue weighted by atomic mass is 32.2. The number of aliphatic hydroxyl groups excluding tert-OH is 1. The molecule has 0 aromatic carbocycles. The van der Waals surface area contributed by atoms with E-state index in [1.54, 1.807) is 16.4 Å². The third-order valence-corrected chi connectivity index (χ3v) is 2.96. The molecule has 0 amide bonds. The average Bonchev–Trinajstić information content (AvgIpc) is 2.58. The molecule has 80 valence electrons. The molecule has 0 aliphatic rings. The van der Waals surface area contributed by atoms with Crippen LogP contribution in [0.3, 0.4) is 0 Å². The minimum Gasteiger partial charge on any atom is -0.396 e. The van der Waals surface area contributed by atoms with Crippen LogP contribution in [0.15, 0.2) is 5.16 Å². The Morgan fingerprint density at radius 2 is 2.07 bits per heavy atom. The maximum Gasteiger partial charge on any atom is 0.209 e. The number of tetrazole rings is 1. The minimum atomic E-state index is 0.306. The van der Waals surface area contributed by atoms with Crippen molar-refractivity contribution in [3.05, 3.63) is 0 Å². The molecule has 0 saturated carbocycles. The van der Waals surface area contributed by atoms with Crippen molar-refractivity contribution in [2.45, 2.75) is 30.8 Å². The van der Waals surface area contributed by atoms with Crippen molar-refractivity contribution in [2.75, 3.05) is 12.4 Å². The first-order valence-corrected chi connectivity index (χ1v) is 5.79. The summed E-state index contributed by atoms with van der Waals surface area (Å²) in [5, 5.41) is 20.6. The Morgan fingerprint density at radius 3 is 2.71 bits per heavy atom. The van der Waals surface area contributed by atoms with Gasteiger partial charge in [0.05, 0.1) is 0 Å². The van der Waals surface area contributed by atoms with E-state index >= 15 is 0 Å². The molecule has 0 aliphatic carbocycles. The summed E-state index contributed by atoms with van der Waals surface area (Å²) < 4.78 is 1.68. The number of thioether (sulfide) groups is 1. The summed E-state index contributed by atoms with van der Waals surface area (Å²) in [6.45, 7) is 0.306. The Labute approximate surface area is 87.9 Å². The van der Waals surface area contributed by atoms with Crippen molar-refractivity contribution in [3.8, 4) is 0 Å². The molecule has 0 fully saturated rings. The number of unbranched alkanes of at least 4 members (excludes halogenated alkanes) is 3. The maximum atomic E-state index is 8.57. The Balaban J connectivity index is 2.02. The van der Waals surface area contributed by atoms with Crippen molar-refractivity contribution in [1.82, 2.24) is 20.2 Å². The van der Waals surface area contributed by atoms with Crippen LogP contribution in [-0.4, -0.2) is 37.7 Å². The summed E-state index contributed by atoms with van der Waals surface area (Å²) in [7, 11) is 1.84. The van der Waals surface area contributed by atoms with Gasteiger partial charge in [-0.15, -0.1) is 5.10 Å². The molecule has 0 unspecified atom stereocenters. The van der Waals surface area contributed by atoms with E-state index in [1.807, 2.05) is 7.05 Å². The Hall–Kier alpha value is -0.620. The molecular weight excluding hydrogens is 200 g/mol. The van der Waals surface area contributed by atoms with Gasteiger partial charge >= 0.3 is 0 Å². The zero-order valence-corrected chi connectivity index (χ0v) is 9.20. The van der Waals surface area contributed by atoms with Crippen LogP contribution in [0, 0.1) is 0 Å². The van der Waals surface area contributed by atoms with Crippen LogP contribution in [0.5, 0.6) is 0 Å². The van der Waals surface area contributed by atoms with Gasteiger partial charge in [-0.05, 0) is 23.3 Å². The van der Waals surface area contributed by atoms with Crippen molar-refractivity contribution in [3.63, 3.8) is 0 Å². The van der Waals surface area contributed by atoms with E-state index in [0.29, 0.717) is 6.61 Å². The van der Waals surface area contributed by atoms with Crippen molar-refractivity contribution >= 4 is 11.8 Å². The lowest BCUT2D eigenvalue weighted by atomic mass is 10.2. The Kier molecular flexibility index (Phi) is 5.55. The number of aryl methyl sites for hydroxylation is 1. The molecule has 1 aromatic rings. The zero-order valence-electron chi connectivity index (χ0n) is 8.39. The highest BCUT2D eigenvalue weighted by Crippen LogP contribution is 2.15. The molecule has 0 bridgehead atoms.